The average molecular weight is 672 g/mol. The lowest BCUT2D eigenvalue weighted by atomic mass is 9.91. The first-order chi connectivity index (χ1) is 21.2. The molecule has 1 aliphatic rings. The molecule has 0 unspecified atom stereocenters. The summed E-state index contributed by atoms with van der Waals surface area (Å²) in [4.78, 5) is 13.9. The summed E-state index contributed by atoms with van der Waals surface area (Å²) < 4.78 is 154. The largest absolute Gasteiger partial charge is 0.492 e. The molecule has 1 amide bonds. The number of carbonyl (C=O) groups excluding carboxylic acids is 1. The van der Waals surface area contributed by atoms with Gasteiger partial charge in [0.1, 0.15) is 6.10 Å². The van der Waals surface area contributed by atoms with Gasteiger partial charge in [-0.15, -0.1) is 0 Å². The van der Waals surface area contributed by atoms with E-state index in [-0.39, 0.29) is 39.8 Å². The first kappa shape index (κ1) is 34.7. The first-order valence-electron chi connectivity index (χ1n) is 13.6. The molecule has 250 valence electrons. The lowest BCUT2D eigenvalue weighted by Crippen LogP contribution is -2.32. The van der Waals surface area contributed by atoms with Crippen molar-refractivity contribution in [1.82, 2.24) is 4.90 Å². The number of alkyl halides is 9. The second kappa shape index (κ2) is 12.2. The van der Waals surface area contributed by atoms with E-state index < -0.39 is 77.3 Å². The normalized spacial score (nSPS) is 17.5. The van der Waals surface area contributed by atoms with E-state index in [2.05, 4.69) is 0 Å². The second-order valence-corrected chi connectivity index (χ2v) is 10.9. The molecule has 46 heavy (non-hydrogen) atoms. The Morgan fingerprint density at radius 3 is 1.80 bits per heavy atom. The van der Waals surface area contributed by atoms with Crippen LogP contribution in [0, 0.1) is 5.82 Å². The van der Waals surface area contributed by atoms with Crippen molar-refractivity contribution >= 4 is 6.09 Å². The van der Waals surface area contributed by atoms with E-state index in [1.165, 1.54) is 27.2 Å². The summed E-state index contributed by atoms with van der Waals surface area (Å²) in [5, 5.41) is 0. The number of benzene rings is 3. The Bertz CT molecular complexity index is 1600. The summed E-state index contributed by atoms with van der Waals surface area (Å²) in [5.74, 6) is -1.66. The number of ether oxygens (including phenoxy) is 3. The molecule has 0 bridgehead atoms. The summed E-state index contributed by atoms with van der Waals surface area (Å²) in [7, 11) is 2.36. The molecule has 1 heterocycles. The first-order valence-corrected chi connectivity index (χ1v) is 13.6. The van der Waals surface area contributed by atoms with Crippen LogP contribution in [0.4, 0.5) is 48.7 Å². The Kier molecular flexibility index (Phi) is 9.21. The summed E-state index contributed by atoms with van der Waals surface area (Å²) in [6.07, 6.45) is -18.0. The number of methoxy groups -OCH3 is 2. The average Bonchev–Trinajstić information content (AvgIpc) is 3.23. The SMILES string of the molecule is COc1c(-c2ccc(C(F)(F)F)cc2C[15N]2C(=O)O[13C@H](c3cc(C(F)(F)F)cc(C(F)(F)F)c3)[13C@@H]2[13CH3])cc(C(C)C)c(F)c1OC. The second-order valence-electron chi connectivity index (χ2n) is 10.9. The van der Waals surface area contributed by atoms with E-state index in [0.717, 1.165) is 23.1 Å². The quantitative estimate of drug-likeness (QED) is 0.143. The third-order valence-electron chi connectivity index (χ3n) is 7.63. The minimum absolute atomic E-state index is 0.0620. The molecular formula is C31H27F10NO4. The van der Waals surface area contributed by atoms with E-state index in [0.29, 0.717) is 12.1 Å². The fourth-order valence-electron chi connectivity index (χ4n) is 5.29. The van der Waals surface area contributed by atoms with Crippen LogP contribution in [0.25, 0.3) is 11.1 Å². The molecular weight excluding hydrogens is 644 g/mol. The predicted octanol–water partition coefficient (Wildman–Crippen LogP) is 9.77. The molecule has 0 aliphatic carbocycles. The van der Waals surface area contributed by atoms with Gasteiger partial charge in [-0.25, -0.2) is 9.18 Å². The number of amides is 1. The van der Waals surface area contributed by atoms with Crippen molar-refractivity contribution in [3.8, 4) is 22.6 Å². The number of carbonyl (C=O) groups is 1. The summed E-state index contributed by atoms with van der Waals surface area (Å²) in [6, 6.07) is 3.48. The maximum absolute atomic E-state index is 15.3. The highest BCUT2D eigenvalue weighted by molar-refractivity contribution is 5.79. The Labute approximate surface area is 256 Å². The maximum Gasteiger partial charge on any atom is 0.416 e. The van der Waals surface area contributed by atoms with Gasteiger partial charge in [-0.05, 0) is 71.5 Å². The minimum Gasteiger partial charge on any atom is -0.492 e. The molecule has 0 radical (unpaired) electrons. The van der Waals surface area contributed by atoms with E-state index in [9.17, 15) is 44.3 Å². The number of hydrogen-bond donors (Lipinski definition) is 0. The fourth-order valence-corrected chi connectivity index (χ4v) is 5.29. The minimum atomic E-state index is -5.17. The smallest absolute Gasteiger partial charge is 0.416 e. The van der Waals surface area contributed by atoms with Crippen LogP contribution >= 0.6 is 0 Å². The lowest BCUT2D eigenvalue weighted by Gasteiger charge is -2.25. The van der Waals surface area contributed by atoms with Crippen molar-refractivity contribution in [2.75, 3.05) is 14.2 Å². The third-order valence-corrected chi connectivity index (χ3v) is 7.63. The topological polar surface area (TPSA) is 48.0 Å². The van der Waals surface area contributed by atoms with Gasteiger partial charge in [-0.2, -0.15) is 39.5 Å². The molecule has 3 aromatic carbocycles. The molecule has 0 N–H and O–H groups in total. The van der Waals surface area contributed by atoms with Crippen molar-refractivity contribution in [1.29, 1.82) is 0 Å². The van der Waals surface area contributed by atoms with Gasteiger partial charge in [0.2, 0.25) is 0 Å². The Morgan fingerprint density at radius 1 is 0.783 bits per heavy atom. The van der Waals surface area contributed by atoms with Crippen molar-refractivity contribution in [2.45, 2.75) is 63.9 Å². The number of nitrogens with zero attached hydrogens (tertiary/aromatic N) is 1. The zero-order valence-electron chi connectivity index (χ0n) is 24.8. The van der Waals surface area contributed by atoms with E-state index in [4.69, 9.17) is 14.2 Å². The maximum atomic E-state index is 15.3. The molecule has 1 saturated heterocycles. The van der Waals surface area contributed by atoms with Gasteiger partial charge in [-0.1, -0.05) is 19.9 Å². The monoisotopic (exact) mass is 671 g/mol. The van der Waals surface area contributed by atoms with E-state index in [1.807, 2.05) is 0 Å². The van der Waals surface area contributed by atoms with Gasteiger partial charge in [-0.3, -0.25) is 4.90 Å². The van der Waals surface area contributed by atoms with E-state index >= 15 is 4.39 Å². The Balaban J connectivity index is 1.86. The highest BCUT2D eigenvalue weighted by Gasteiger charge is 2.44. The van der Waals surface area contributed by atoms with Crippen molar-refractivity contribution in [3.05, 3.63) is 81.7 Å². The van der Waals surface area contributed by atoms with Crippen LogP contribution in [0.2, 0.25) is 0 Å². The number of cyclic esters (lactones) is 1. The van der Waals surface area contributed by atoms with Crippen LogP contribution in [0.15, 0.2) is 42.5 Å². The van der Waals surface area contributed by atoms with Crippen LogP contribution in [0.5, 0.6) is 11.5 Å². The van der Waals surface area contributed by atoms with Crippen molar-refractivity contribution in [3.63, 3.8) is 0 Å². The van der Waals surface area contributed by atoms with Crippen molar-refractivity contribution < 1.29 is 62.9 Å². The zero-order valence-corrected chi connectivity index (χ0v) is 24.8. The molecule has 1 aliphatic heterocycles. The van der Waals surface area contributed by atoms with Gasteiger partial charge >= 0.3 is 24.6 Å². The zero-order chi connectivity index (χ0) is 34.5. The molecule has 4 rings (SSSR count). The highest BCUT2D eigenvalue weighted by atomic mass is 19.4. The number of halogens is 10. The molecule has 5 nitrogen and oxygen atoms in total. The molecule has 1 fully saturated rings. The van der Waals surface area contributed by atoms with Crippen LogP contribution < -0.4 is 9.47 Å². The third kappa shape index (κ3) is 6.68. The number of rotatable bonds is 7. The summed E-state index contributed by atoms with van der Waals surface area (Å²) in [5.41, 5.74) is -4.83. The van der Waals surface area contributed by atoms with Crippen LogP contribution in [-0.4, -0.2) is 31.3 Å². The highest BCUT2D eigenvalue weighted by Crippen LogP contribution is 2.47. The molecule has 0 aromatic heterocycles. The van der Waals surface area contributed by atoms with Crippen LogP contribution in [0.1, 0.15) is 66.2 Å². The van der Waals surface area contributed by atoms with Gasteiger partial charge in [0.05, 0.1) is 43.5 Å². The summed E-state index contributed by atoms with van der Waals surface area (Å²) >= 11 is 0. The van der Waals surface area contributed by atoms with Gasteiger partial charge in [0.25, 0.3) is 0 Å². The molecule has 2 atom stereocenters. The van der Waals surface area contributed by atoms with E-state index in [1.54, 1.807) is 13.8 Å². The summed E-state index contributed by atoms with van der Waals surface area (Å²) in [6.45, 7) is 3.99. The standard InChI is InChI=1S/C31H27F10NO4/c1-14(2)22-12-23(26(44-4)27(45-5)24(22)32)21-7-6-18(29(33,34)35)10-17(21)13-42-15(3)25(46-28(42)43)16-8-19(30(36,37)38)11-20(9-16)31(39,40)41/h6-12,14-15,25H,13H2,1-5H3/t15-,25-/m0/s1/i3+1,15+1,25+1,42+1. The Morgan fingerprint density at radius 2 is 1.33 bits per heavy atom. The molecule has 0 saturated carbocycles. The number of hydrogen-bond acceptors (Lipinski definition) is 4. The lowest BCUT2D eigenvalue weighted by molar-refractivity contribution is -0.143. The fraction of sp³-hybridized carbons (Fsp3) is 0.387. The van der Waals surface area contributed by atoms with Crippen LogP contribution in [-0.2, 0) is 29.8 Å². The van der Waals surface area contributed by atoms with Gasteiger partial charge < -0.3 is 14.2 Å². The Hall–Kier alpha value is -4.17. The van der Waals surface area contributed by atoms with Crippen molar-refractivity contribution in [2.24, 2.45) is 0 Å². The van der Waals surface area contributed by atoms with Crippen LogP contribution in [0.3, 0.4) is 0 Å². The predicted molar refractivity (Wildman–Crippen MR) is 145 cm³/mol. The molecule has 3 aromatic rings. The van der Waals surface area contributed by atoms with Gasteiger partial charge in [0.15, 0.2) is 17.3 Å². The van der Waals surface area contributed by atoms with Gasteiger partial charge in [0, 0.05) is 5.56 Å². The molecule has 0 spiro atoms. The molecule has 15 heteroatoms.